The minimum atomic E-state index is -0.403. The minimum absolute atomic E-state index is 0.226. The fourth-order valence-electron chi connectivity index (χ4n) is 5.49. The Morgan fingerprint density at radius 3 is 1.94 bits per heavy atom. The zero-order valence-corrected chi connectivity index (χ0v) is 31.3. The number of aryl methyl sites for hydroxylation is 2. The maximum absolute atomic E-state index is 13.3. The van der Waals surface area contributed by atoms with Gasteiger partial charge in [0.15, 0.2) is 11.5 Å². The lowest BCUT2D eigenvalue weighted by Crippen LogP contribution is -2.32. The molecule has 0 aliphatic carbocycles. The zero-order chi connectivity index (χ0) is 38.6. The number of ether oxygens (including phenoxy) is 2. The van der Waals surface area contributed by atoms with Crippen molar-refractivity contribution in [3.8, 4) is 11.5 Å². The van der Waals surface area contributed by atoms with Crippen LogP contribution in [0.25, 0.3) is 0 Å². The van der Waals surface area contributed by atoms with Crippen molar-refractivity contribution in [1.29, 1.82) is 0 Å². The van der Waals surface area contributed by atoms with Gasteiger partial charge in [0.1, 0.15) is 0 Å². The molecule has 0 saturated carbocycles. The van der Waals surface area contributed by atoms with E-state index in [1.165, 1.54) is 5.01 Å². The van der Waals surface area contributed by atoms with E-state index in [-0.39, 0.29) is 17.7 Å². The first kappa shape index (κ1) is 39.0. The molecular weight excluding hydrogens is 704 g/mol. The van der Waals surface area contributed by atoms with E-state index in [1.807, 2.05) is 63.2 Å². The maximum Gasteiger partial charge on any atom is 0.273 e. The largest absolute Gasteiger partial charge is 0.493 e. The second kappa shape index (κ2) is 18.5. The summed E-state index contributed by atoms with van der Waals surface area (Å²) in [6, 6.07) is 33.5. The van der Waals surface area contributed by atoms with Crippen molar-refractivity contribution in [3.63, 3.8) is 0 Å². The predicted octanol–water partition coefficient (Wildman–Crippen LogP) is 8.92. The second-order valence-electron chi connectivity index (χ2n) is 12.4. The average Bonchev–Trinajstić information content (AvgIpc) is 3.19. The Morgan fingerprint density at radius 1 is 0.704 bits per heavy atom. The van der Waals surface area contributed by atoms with Crippen molar-refractivity contribution in [3.05, 3.63) is 154 Å². The Hall–Kier alpha value is -6.26. The van der Waals surface area contributed by atoms with E-state index >= 15 is 0 Å². The van der Waals surface area contributed by atoms with E-state index in [0.29, 0.717) is 58.3 Å². The van der Waals surface area contributed by atoms with Gasteiger partial charge in [0, 0.05) is 45.7 Å². The number of anilines is 2. The Kier molecular flexibility index (Phi) is 13.3. The minimum Gasteiger partial charge on any atom is -0.493 e. The van der Waals surface area contributed by atoms with Crippen LogP contribution in [-0.2, 0) is 0 Å². The van der Waals surface area contributed by atoms with Gasteiger partial charge in [-0.1, -0.05) is 41.5 Å². The fraction of sp³-hybridized carbons (Fsp3) is 0.186. The van der Waals surface area contributed by atoms with Crippen LogP contribution in [0.3, 0.4) is 0 Å². The maximum atomic E-state index is 13.3. The molecule has 0 saturated heterocycles. The van der Waals surface area contributed by atoms with E-state index in [9.17, 15) is 19.2 Å². The smallest absolute Gasteiger partial charge is 0.273 e. The van der Waals surface area contributed by atoms with Crippen LogP contribution < -0.4 is 20.1 Å². The predicted molar refractivity (Wildman–Crippen MR) is 212 cm³/mol. The molecule has 0 bridgehead atoms. The molecular formula is C43H41ClN4O6. The van der Waals surface area contributed by atoms with Gasteiger partial charge in [0.2, 0.25) is 0 Å². The molecule has 1 heterocycles. The number of hydrazone groups is 1. The van der Waals surface area contributed by atoms with Crippen LogP contribution in [0.5, 0.6) is 11.5 Å². The highest BCUT2D eigenvalue weighted by molar-refractivity contribution is 6.67. The molecule has 5 aromatic rings. The van der Waals surface area contributed by atoms with Gasteiger partial charge >= 0.3 is 0 Å². The molecule has 0 atom stereocenters. The molecule has 1 aliphatic rings. The first-order valence-corrected chi connectivity index (χ1v) is 17.8. The number of rotatable bonds is 10. The third-order valence-electron chi connectivity index (χ3n) is 8.42. The second-order valence-corrected chi connectivity index (χ2v) is 12.8. The third kappa shape index (κ3) is 10.4. The highest BCUT2D eigenvalue weighted by atomic mass is 35.5. The quantitative estimate of drug-likeness (QED) is 0.138. The van der Waals surface area contributed by atoms with Gasteiger partial charge in [-0.25, -0.2) is 5.01 Å². The molecule has 276 valence electrons. The normalized spacial score (nSPS) is 12.0. The standard InChI is InChI=1S/C35H34N4O5.C8H7ClO/c1-4-44-32-22-26(16-19-31(32)43-3)30-9-6-20-39(38-30)35(42)25-14-17-28(18-15-25)36-34(41)27-7-5-8-29(21-27)37-33(40)24-12-10-23(2)11-13-24;1-6-2-4-7(5-3-6)8(9)10/h5,7-8,10-19,21-22H,4,6,9,20H2,1-3H3,(H,36,41)(H,37,40);2-5H,1H3. The molecule has 0 aromatic heterocycles. The van der Waals surface area contributed by atoms with Crippen LogP contribution in [0.2, 0.25) is 0 Å². The van der Waals surface area contributed by atoms with Gasteiger partial charge in [-0.2, -0.15) is 5.10 Å². The van der Waals surface area contributed by atoms with Gasteiger partial charge in [-0.3, -0.25) is 19.2 Å². The molecule has 11 heteroatoms. The lowest BCUT2D eigenvalue weighted by molar-refractivity contribution is 0.0751. The third-order valence-corrected chi connectivity index (χ3v) is 8.64. The first-order valence-electron chi connectivity index (χ1n) is 17.4. The number of carbonyl (C=O) groups excluding carboxylic acids is 4. The molecule has 0 radical (unpaired) electrons. The number of halogens is 1. The van der Waals surface area contributed by atoms with E-state index < -0.39 is 5.24 Å². The first-order chi connectivity index (χ1) is 26.0. The van der Waals surface area contributed by atoms with Crippen molar-refractivity contribution in [1.82, 2.24) is 5.01 Å². The molecule has 1 aliphatic heterocycles. The van der Waals surface area contributed by atoms with Crippen molar-refractivity contribution >= 4 is 51.7 Å². The number of amides is 3. The summed E-state index contributed by atoms with van der Waals surface area (Å²) >= 11 is 5.22. The molecule has 5 aromatic carbocycles. The number of nitrogens with zero attached hydrogens (tertiary/aromatic N) is 2. The molecule has 54 heavy (non-hydrogen) atoms. The highest BCUT2D eigenvalue weighted by Crippen LogP contribution is 2.30. The van der Waals surface area contributed by atoms with E-state index in [2.05, 4.69) is 15.7 Å². The zero-order valence-electron chi connectivity index (χ0n) is 30.5. The van der Waals surface area contributed by atoms with Gasteiger partial charge in [-0.15, -0.1) is 0 Å². The molecule has 10 nitrogen and oxygen atoms in total. The van der Waals surface area contributed by atoms with Crippen LogP contribution in [0.1, 0.15) is 77.9 Å². The van der Waals surface area contributed by atoms with Gasteiger partial charge in [0.25, 0.3) is 23.0 Å². The summed E-state index contributed by atoms with van der Waals surface area (Å²) < 4.78 is 11.1. The van der Waals surface area contributed by atoms with Crippen LogP contribution in [0.15, 0.2) is 120 Å². The number of hydrogen-bond donors (Lipinski definition) is 2. The van der Waals surface area contributed by atoms with E-state index in [0.717, 1.165) is 35.2 Å². The monoisotopic (exact) mass is 744 g/mol. The number of hydrogen-bond acceptors (Lipinski definition) is 7. The Morgan fingerprint density at radius 2 is 1.31 bits per heavy atom. The summed E-state index contributed by atoms with van der Waals surface area (Å²) in [5, 5.41) is 11.4. The Bertz CT molecular complexity index is 2150. The van der Waals surface area contributed by atoms with E-state index in [4.69, 9.17) is 21.1 Å². The Balaban J connectivity index is 0.000000486. The molecule has 0 fully saturated rings. The average molecular weight is 745 g/mol. The summed E-state index contributed by atoms with van der Waals surface area (Å²) in [6.07, 6.45) is 1.52. The summed E-state index contributed by atoms with van der Waals surface area (Å²) in [5.74, 6) is 0.453. The van der Waals surface area contributed by atoms with Crippen molar-refractivity contribution in [2.75, 3.05) is 30.9 Å². The molecule has 0 spiro atoms. The molecule has 0 unspecified atom stereocenters. The number of carbonyl (C=O) groups is 4. The number of benzene rings is 5. The summed E-state index contributed by atoms with van der Waals surface area (Å²) in [4.78, 5) is 49.4. The van der Waals surface area contributed by atoms with Crippen LogP contribution >= 0.6 is 11.6 Å². The van der Waals surface area contributed by atoms with E-state index in [1.54, 1.807) is 79.9 Å². The van der Waals surface area contributed by atoms with Gasteiger partial charge < -0.3 is 20.1 Å². The summed E-state index contributed by atoms with van der Waals surface area (Å²) in [7, 11) is 1.60. The SMILES string of the molecule is CCOc1cc(C2=NN(C(=O)c3ccc(NC(=O)c4cccc(NC(=O)c5ccc(C)cc5)c4)cc3)CCC2)ccc1OC.Cc1ccc(C(=O)Cl)cc1. The number of nitrogens with one attached hydrogen (secondary N) is 2. The summed E-state index contributed by atoms with van der Waals surface area (Å²) in [6.45, 7) is 6.84. The topological polar surface area (TPSA) is 126 Å². The summed E-state index contributed by atoms with van der Waals surface area (Å²) in [5.41, 5.74) is 6.83. The fourth-order valence-corrected chi connectivity index (χ4v) is 5.62. The van der Waals surface area contributed by atoms with Crippen LogP contribution in [-0.4, -0.2) is 53.9 Å². The highest BCUT2D eigenvalue weighted by Gasteiger charge is 2.22. The van der Waals surface area contributed by atoms with Crippen molar-refractivity contribution in [2.45, 2.75) is 33.6 Å². The Labute approximate surface area is 319 Å². The number of methoxy groups -OCH3 is 1. The van der Waals surface area contributed by atoms with Crippen LogP contribution in [0.4, 0.5) is 11.4 Å². The van der Waals surface area contributed by atoms with Crippen molar-refractivity contribution < 1.29 is 28.7 Å². The molecule has 3 amide bonds. The lowest BCUT2D eigenvalue weighted by Gasteiger charge is -2.24. The van der Waals surface area contributed by atoms with Crippen molar-refractivity contribution in [2.24, 2.45) is 5.10 Å². The lowest BCUT2D eigenvalue weighted by atomic mass is 10.0. The van der Waals surface area contributed by atoms with Crippen LogP contribution in [0, 0.1) is 13.8 Å². The molecule has 2 N–H and O–H groups in total. The van der Waals surface area contributed by atoms with Gasteiger partial charge in [-0.05, 0) is 130 Å². The molecule has 6 rings (SSSR count). The van der Waals surface area contributed by atoms with Gasteiger partial charge in [0.05, 0.1) is 19.4 Å².